The van der Waals surface area contributed by atoms with E-state index in [-0.39, 0.29) is 5.60 Å². The Bertz CT molecular complexity index is 713. The monoisotopic (exact) mass is 280 g/mol. The highest BCUT2D eigenvalue weighted by atomic mass is 16.5. The summed E-state index contributed by atoms with van der Waals surface area (Å²) in [5.74, 6) is 0. The molecule has 2 heterocycles. The van der Waals surface area contributed by atoms with Crippen molar-refractivity contribution in [3.8, 4) is 11.1 Å². The van der Waals surface area contributed by atoms with Gasteiger partial charge in [0.05, 0.1) is 6.54 Å². The summed E-state index contributed by atoms with van der Waals surface area (Å²) in [5.41, 5.74) is 10.4. The molecule has 0 radical (unpaired) electrons. The molecule has 0 bridgehead atoms. The molecule has 0 fully saturated rings. The molecule has 0 amide bonds. The Balaban J connectivity index is 1.77. The summed E-state index contributed by atoms with van der Waals surface area (Å²) < 4.78 is 5.83. The summed E-state index contributed by atoms with van der Waals surface area (Å²) in [6, 6.07) is 6.73. The van der Waals surface area contributed by atoms with E-state index in [0.29, 0.717) is 12.6 Å². The average Bonchev–Trinajstić information content (AvgIpc) is 2.88. The molecule has 4 rings (SSSR count). The first-order valence-corrected chi connectivity index (χ1v) is 7.11. The van der Waals surface area contributed by atoms with Crippen LogP contribution in [0.15, 0.2) is 41.9 Å². The number of aliphatic imine (C=N–C) groups is 1. The molecular weight excluding hydrogens is 264 g/mol. The molecule has 5 heteroatoms. The number of nitrogens with zero attached hydrogens (tertiary/aromatic N) is 3. The van der Waals surface area contributed by atoms with Crippen molar-refractivity contribution >= 4 is 6.02 Å². The molecule has 2 aliphatic rings. The van der Waals surface area contributed by atoms with Crippen molar-refractivity contribution < 1.29 is 4.74 Å². The zero-order chi connectivity index (χ0) is 14.3. The van der Waals surface area contributed by atoms with E-state index in [2.05, 4.69) is 33.2 Å². The van der Waals surface area contributed by atoms with Crippen LogP contribution in [-0.4, -0.2) is 28.1 Å². The van der Waals surface area contributed by atoms with Gasteiger partial charge in [-0.15, -0.1) is 0 Å². The third-order valence-corrected chi connectivity index (χ3v) is 4.34. The van der Waals surface area contributed by atoms with E-state index >= 15 is 0 Å². The van der Waals surface area contributed by atoms with Gasteiger partial charge < -0.3 is 10.5 Å². The predicted molar refractivity (Wildman–Crippen MR) is 79.8 cm³/mol. The molecule has 106 valence electrons. The molecular formula is C16H16N4O. The van der Waals surface area contributed by atoms with Crippen LogP contribution in [0.1, 0.15) is 17.5 Å². The molecule has 0 saturated carbocycles. The molecule has 2 N–H and O–H groups in total. The zero-order valence-electron chi connectivity index (χ0n) is 11.6. The number of hydrogen-bond acceptors (Lipinski definition) is 5. The van der Waals surface area contributed by atoms with Crippen molar-refractivity contribution in [2.45, 2.75) is 24.9 Å². The van der Waals surface area contributed by atoms with Gasteiger partial charge in [-0.25, -0.2) is 15.0 Å². The molecule has 1 aromatic heterocycles. The summed E-state index contributed by atoms with van der Waals surface area (Å²) in [6.07, 6.45) is 8.03. The molecule has 0 saturated heterocycles. The van der Waals surface area contributed by atoms with Gasteiger partial charge in [-0.3, -0.25) is 0 Å². The first kappa shape index (κ1) is 12.3. The summed E-state index contributed by atoms with van der Waals surface area (Å²) in [6.45, 7) is 0.651. The summed E-state index contributed by atoms with van der Waals surface area (Å²) in [4.78, 5) is 12.5. The fourth-order valence-corrected chi connectivity index (χ4v) is 3.29. The van der Waals surface area contributed by atoms with Crippen molar-refractivity contribution in [2.75, 3.05) is 6.54 Å². The third kappa shape index (κ3) is 2.05. The molecule has 2 aromatic rings. The van der Waals surface area contributed by atoms with Gasteiger partial charge >= 0.3 is 0 Å². The number of fused-ring (bicyclic) bond motifs is 1. The summed E-state index contributed by atoms with van der Waals surface area (Å²) in [7, 11) is 0. The number of aromatic nitrogens is 2. The lowest BCUT2D eigenvalue weighted by Crippen LogP contribution is -2.40. The Labute approximate surface area is 122 Å². The van der Waals surface area contributed by atoms with Gasteiger partial charge in [0, 0.05) is 24.4 Å². The molecule has 1 spiro atoms. The maximum absolute atomic E-state index is 5.83. The van der Waals surface area contributed by atoms with Gasteiger partial charge in [0.2, 0.25) is 0 Å². The van der Waals surface area contributed by atoms with Crippen molar-refractivity contribution in [1.29, 1.82) is 0 Å². The molecule has 1 aliphatic heterocycles. The number of nitrogens with two attached hydrogens (primary N) is 1. The minimum atomic E-state index is -0.261. The topological polar surface area (TPSA) is 73.4 Å². The number of rotatable bonds is 1. The first-order chi connectivity index (χ1) is 10.3. The van der Waals surface area contributed by atoms with Crippen LogP contribution in [-0.2, 0) is 17.6 Å². The van der Waals surface area contributed by atoms with Crippen molar-refractivity contribution in [3.05, 3.63) is 48.0 Å². The number of benzene rings is 1. The van der Waals surface area contributed by atoms with Crippen LogP contribution in [0, 0.1) is 0 Å². The molecule has 5 nitrogen and oxygen atoms in total. The fourth-order valence-electron chi connectivity index (χ4n) is 3.29. The van der Waals surface area contributed by atoms with E-state index in [4.69, 9.17) is 10.5 Å². The van der Waals surface area contributed by atoms with Gasteiger partial charge in [0.1, 0.15) is 11.9 Å². The standard InChI is InChI=1S/C16H16N4O/c17-15-20-9-16(21-15)5-4-11-2-1-3-13(14(11)6-16)12-7-18-10-19-8-12/h1-3,7-8,10H,4-6,9H2,(H2,17,20). The van der Waals surface area contributed by atoms with E-state index in [1.807, 2.05) is 12.4 Å². The van der Waals surface area contributed by atoms with Crippen molar-refractivity contribution in [3.63, 3.8) is 0 Å². The highest BCUT2D eigenvalue weighted by Crippen LogP contribution is 2.38. The highest BCUT2D eigenvalue weighted by molar-refractivity contribution is 5.74. The van der Waals surface area contributed by atoms with Crippen LogP contribution in [0.4, 0.5) is 0 Å². The first-order valence-electron chi connectivity index (χ1n) is 7.11. The molecule has 21 heavy (non-hydrogen) atoms. The largest absolute Gasteiger partial charge is 0.456 e. The maximum atomic E-state index is 5.83. The normalized spacial score (nSPS) is 23.5. The lowest BCUT2D eigenvalue weighted by Gasteiger charge is -2.34. The number of hydrogen-bond donors (Lipinski definition) is 1. The minimum Gasteiger partial charge on any atom is -0.456 e. The van der Waals surface area contributed by atoms with Gasteiger partial charge in [0.25, 0.3) is 6.02 Å². The number of ether oxygens (including phenoxy) is 1. The lowest BCUT2D eigenvalue weighted by molar-refractivity contribution is 0.0705. The summed E-state index contributed by atoms with van der Waals surface area (Å²) in [5, 5.41) is 0. The average molecular weight is 280 g/mol. The summed E-state index contributed by atoms with van der Waals surface area (Å²) >= 11 is 0. The van der Waals surface area contributed by atoms with Gasteiger partial charge in [-0.1, -0.05) is 18.2 Å². The van der Waals surface area contributed by atoms with E-state index in [1.54, 1.807) is 6.33 Å². The molecule has 1 atom stereocenters. The molecule has 1 aromatic carbocycles. The van der Waals surface area contributed by atoms with Crippen LogP contribution in [0.25, 0.3) is 11.1 Å². The van der Waals surface area contributed by atoms with Crippen LogP contribution in [0.5, 0.6) is 0 Å². The van der Waals surface area contributed by atoms with E-state index in [9.17, 15) is 0 Å². The zero-order valence-corrected chi connectivity index (χ0v) is 11.6. The third-order valence-electron chi connectivity index (χ3n) is 4.34. The molecule has 1 unspecified atom stereocenters. The van der Waals surface area contributed by atoms with E-state index in [1.165, 1.54) is 16.7 Å². The Morgan fingerprint density at radius 1 is 1.19 bits per heavy atom. The second-order valence-corrected chi connectivity index (χ2v) is 5.69. The van der Waals surface area contributed by atoms with Crippen molar-refractivity contribution in [1.82, 2.24) is 9.97 Å². The fraction of sp³-hybridized carbons (Fsp3) is 0.312. The smallest absolute Gasteiger partial charge is 0.282 e. The second kappa shape index (κ2) is 4.55. The molecule has 1 aliphatic carbocycles. The lowest BCUT2D eigenvalue weighted by atomic mass is 9.78. The SMILES string of the molecule is NC1=NCC2(CCc3cccc(-c4cncnc4)c3C2)O1. The van der Waals surface area contributed by atoms with Gasteiger partial charge in [0.15, 0.2) is 0 Å². The van der Waals surface area contributed by atoms with Gasteiger partial charge in [-0.05, 0) is 29.5 Å². The minimum absolute atomic E-state index is 0.261. The Kier molecular flexibility index (Phi) is 2.67. The second-order valence-electron chi connectivity index (χ2n) is 5.69. The van der Waals surface area contributed by atoms with Crippen LogP contribution < -0.4 is 5.73 Å². The van der Waals surface area contributed by atoms with Crippen LogP contribution >= 0.6 is 0 Å². The van der Waals surface area contributed by atoms with E-state index in [0.717, 1.165) is 24.8 Å². The quantitative estimate of drug-likeness (QED) is 0.863. The Hall–Kier alpha value is -2.43. The van der Waals surface area contributed by atoms with Crippen LogP contribution in [0.2, 0.25) is 0 Å². The Morgan fingerprint density at radius 2 is 2.05 bits per heavy atom. The van der Waals surface area contributed by atoms with Crippen LogP contribution in [0.3, 0.4) is 0 Å². The predicted octanol–water partition coefficient (Wildman–Crippen LogP) is 1.72. The number of amidine groups is 1. The van der Waals surface area contributed by atoms with Gasteiger partial charge in [-0.2, -0.15) is 0 Å². The maximum Gasteiger partial charge on any atom is 0.282 e. The highest BCUT2D eigenvalue weighted by Gasteiger charge is 2.41. The van der Waals surface area contributed by atoms with E-state index < -0.39 is 0 Å². The Morgan fingerprint density at radius 3 is 2.81 bits per heavy atom. The van der Waals surface area contributed by atoms with Crippen molar-refractivity contribution in [2.24, 2.45) is 10.7 Å². The number of aryl methyl sites for hydroxylation is 1.